The first-order valence-corrected chi connectivity index (χ1v) is 8.63. The zero-order valence-corrected chi connectivity index (χ0v) is 14.3. The Hall–Kier alpha value is -2.83. The number of allylic oxidation sites excluding steroid dienone is 1. The number of nitrogens with zero attached hydrogens (tertiary/aromatic N) is 2. The maximum atomic E-state index is 13.7. The molecule has 1 aromatic carbocycles. The molecule has 0 saturated heterocycles. The molecule has 1 amide bonds. The van der Waals surface area contributed by atoms with E-state index in [1.165, 1.54) is 36.7 Å². The highest BCUT2D eigenvalue weighted by atomic mass is 19.1. The number of halogens is 2. The quantitative estimate of drug-likeness (QED) is 0.763. The van der Waals surface area contributed by atoms with E-state index in [0.29, 0.717) is 6.54 Å². The van der Waals surface area contributed by atoms with E-state index in [-0.39, 0.29) is 23.2 Å². The van der Waals surface area contributed by atoms with Crippen molar-refractivity contribution in [1.82, 2.24) is 15.3 Å². The van der Waals surface area contributed by atoms with Crippen molar-refractivity contribution in [2.75, 3.05) is 11.9 Å². The molecule has 3 rings (SSSR count). The summed E-state index contributed by atoms with van der Waals surface area (Å²) in [6.07, 6.45) is 9.06. The van der Waals surface area contributed by atoms with Crippen LogP contribution < -0.4 is 10.6 Å². The van der Waals surface area contributed by atoms with Gasteiger partial charge in [-0.15, -0.1) is 0 Å². The smallest absolute Gasteiger partial charge is 0.270 e. The highest BCUT2D eigenvalue weighted by molar-refractivity contribution is 5.92. The van der Waals surface area contributed by atoms with Crippen molar-refractivity contribution < 1.29 is 13.6 Å². The number of hydrogen-bond donors (Lipinski definition) is 2. The van der Waals surface area contributed by atoms with Crippen LogP contribution in [0.1, 0.15) is 42.6 Å². The van der Waals surface area contributed by atoms with Crippen LogP contribution in [0.15, 0.2) is 42.1 Å². The summed E-state index contributed by atoms with van der Waals surface area (Å²) in [4.78, 5) is 20.2. The third-order valence-corrected chi connectivity index (χ3v) is 4.20. The SMILES string of the molecule is O=C(NCCC1=CCCCC1)c1ccnc(Nc2c(F)cccc2F)n1. The number of amides is 1. The van der Waals surface area contributed by atoms with Gasteiger partial charge in [-0.25, -0.2) is 18.7 Å². The third-order valence-electron chi connectivity index (χ3n) is 4.20. The van der Waals surface area contributed by atoms with Gasteiger partial charge in [0.25, 0.3) is 5.91 Å². The van der Waals surface area contributed by atoms with Gasteiger partial charge in [0.2, 0.25) is 5.95 Å². The molecule has 1 aromatic heterocycles. The van der Waals surface area contributed by atoms with E-state index in [1.807, 2.05) is 0 Å². The van der Waals surface area contributed by atoms with Gasteiger partial charge < -0.3 is 10.6 Å². The van der Waals surface area contributed by atoms with Gasteiger partial charge >= 0.3 is 0 Å². The maximum Gasteiger partial charge on any atom is 0.270 e. The van der Waals surface area contributed by atoms with E-state index >= 15 is 0 Å². The molecule has 0 unspecified atom stereocenters. The predicted molar refractivity (Wildman–Crippen MR) is 95.2 cm³/mol. The molecule has 0 fully saturated rings. The molecule has 1 aliphatic carbocycles. The summed E-state index contributed by atoms with van der Waals surface area (Å²) >= 11 is 0. The van der Waals surface area contributed by atoms with Crippen molar-refractivity contribution >= 4 is 17.5 Å². The molecule has 7 heteroatoms. The molecular formula is C19H20F2N4O. The van der Waals surface area contributed by atoms with Crippen molar-refractivity contribution in [1.29, 1.82) is 0 Å². The summed E-state index contributed by atoms with van der Waals surface area (Å²) in [5.41, 5.74) is 1.16. The second-order valence-electron chi connectivity index (χ2n) is 6.10. The summed E-state index contributed by atoms with van der Waals surface area (Å²) in [7, 11) is 0. The molecule has 0 aliphatic heterocycles. The van der Waals surface area contributed by atoms with Crippen molar-refractivity contribution in [3.8, 4) is 0 Å². The second kappa shape index (κ2) is 8.51. The van der Waals surface area contributed by atoms with E-state index in [0.717, 1.165) is 31.4 Å². The van der Waals surface area contributed by atoms with Crippen LogP contribution in [0.2, 0.25) is 0 Å². The van der Waals surface area contributed by atoms with Gasteiger partial charge in [-0.2, -0.15) is 0 Å². The minimum atomic E-state index is -0.760. The van der Waals surface area contributed by atoms with Gasteiger partial charge in [-0.1, -0.05) is 17.7 Å². The van der Waals surface area contributed by atoms with Crippen LogP contribution in [0.4, 0.5) is 20.4 Å². The highest BCUT2D eigenvalue weighted by Gasteiger charge is 2.13. The highest BCUT2D eigenvalue weighted by Crippen LogP contribution is 2.21. The molecule has 0 radical (unpaired) electrons. The van der Waals surface area contributed by atoms with Crippen molar-refractivity contribution in [3.05, 3.63) is 59.4 Å². The first-order valence-electron chi connectivity index (χ1n) is 8.63. The Morgan fingerprint density at radius 2 is 1.96 bits per heavy atom. The van der Waals surface area contributed by atoms with E-state index in [9.17, 15) is 13.6 Å². The monoisotopic (exact) mass is 358 g/mol. The standard InChI is InChI=1S/C19H20F2N4O/c20-14-7-4-8-15(21)17(14)25-19-23-12-10-16(24-19)18(26)22-11-9-13-5-2-1-3-6-13/h4-5,7-8,10,12H,1-3,6,9,11H2,(H,22,26)(H,23,24,25). The van der Waals surface area contributed by atoms with E-state index in [2.05, 4.69) is 26.7 Å². The van der Waals surface area contributed by atoms with E-state index in [4.69, 9.17) is 0 Å². The van der Waals surface area contributed by atoms with Crippen LogP contribution in [-0.4, -0.2) is 22.4 Å². The molecule has 0 atom stereocenters. The number of hydrogen-bond acceptors (Lipinski definition) is 4. The molecule has 2 aromatic rings. The number of rotatable bonds is 6. The summed E-state index contributed by atoms with van der Waals surface area (Å²) in [6, 6.07) is 4.98. The molecule has 136 valence electrons. The third kappa shape index (κ3) is 4.62. The van der Waals surface area contributed by atoms with Crippen molar-refractivity contribution in [3.63, 3.8) is 0 Å². The average molecular weight is 358 g/mol. The molecule has 1 aliphatic rings. The van der Waals surface area contributed by atoms with Gasteiger partial charge in [-0.05, 0) is 50.3 Å². The minimum absolute atomic E-state index is 0.0448. The number of nitrogens with one attached hydrogen (secondary N) is 2. The largest absolute Gasteiger partial charge is 0.350 e. The lowest BCUT2D eigenvalue weighted by atomic mass is 9.97. The Balaban J connectivity index is 1.61. The number of carbonyl (C=O) groups is 1. The van der Waals surface area contributed by atoms with Gasteiger partial charge in [0.15, 0.2) is 0 Å². The van der Waals surface area contributed by atoms with Crippen LogP contribution in [-0.2, 0) is 0 Å². The minimum Gasteiger partial charge on any atom is -0.350 e. The first-order chi connectivity index (χ1) is 12.6. The number of aromatic nitrogens is 2. The Morgan fingerprint density at radius 3 is 2.69 bits per heavy atom. The summed E-state index contributed by atoms with van der Waals surface area (Å²) in [5.74, 6) is -1.91. The Kier molecular flexibility index (Phi) is 5.88. The zero-order chi connectivity index (χ0) is 18.4. The molecular weight excluding hydrogens is 338 g/mol. The average Bonchev–Trinajstić information content (AvgIpc) is 2.66. The normalized spacial score (nSPS) is 13.8. The van der Waals surface area contributed by atoms with Crippen LogP contribution in [0, 0.1) is 11.6 Å². The predicted octanol–water partition coefficient (Wildman–Crippen LogP) is 4.12. The number of benzene rings is 1. The van der Waals surface area contributed by atoms with E-state index < -0.39 is 11.6 Å². The topological polar surface area (TPSA) is 66.9 Å². The fourth-order valence-electron chi connectivity index (χ4n) is 2.83. The van der Waals surface area contributed by atoms with E-state index in [1.54, 1.807) is 0 Å². The molecule has 2 N–H and O–H groups in total. The molecule has 0 spiro atoms. The van der Waals surface area contributed by atoms with Crippen LogP contribution in [0.5, 0.6) is 0 Å². The van der Waals surface area contributed by atoms with Gasteiger partial charge in [0, 0.05) is 12.7 Å². The lowest BCUT2D eigenvalue weighted by Crippen LogP contribution is -2.26. The second-order valence-corrected chi connectivity index (χ2v) is 6.10. The summed E-state index contributed by atoms with van der Waals surface area (Å²) < 4.78 is 27.4. The maximum absolute atomic E-state index is 13.7. The van der Waals surface area contributed by atoms with Gasteiger partial charge in [0.1, 0.15) is 23.0 Å². The van der Waals surface area contributed by atoms with Crippen molar-refractivity contribution in [2.45, 2.75) is 32.1 Å². The summed E-state index contributed by atoms with van der Waals surface area (Å²) in [5, 5.41) is 5.30. The summed E-state index contributed by atoms with van der Waals surface area (Å²) in [6.45, 7) is 0.527. The lowest BCUT2D eigenvalue weighted by Gasteiger charge is -2.13. The van der Waals surface area contributed by atoms with Crippen LogP contribution in [0.3, 0.4) is 0 Å². The molecule has 26 heavy (non-hydrogen) atoms. The molecule has 5 nitrogen and oxygen atoms in total. The molecule has 1 heterocycles. The number of para-hydroxylation sites is 1. The number of carbonyl (C=O) groups excluding carboxylic acids is 1. The molecule has 0 bridgehead atoms. The zero-order valence-electron chi connectivity index (χ0n) is 14.3. The Bertz CT molecular complexity index is 803. The lowest BCUT2D eigenvalue weighted by molar-refractivity contribution is 0.0949. The fraction of sp³-hybridized carbons (Fsp3) is 0.316. The van der Waals surface area contributed by atoms with Crippen LogP contribution >= 0.6 is 0 Å². The van der Waals surface area contributed by atoms with Crippen LogP contribution in [0.25, 0.3) is 0 Å². The first kappa shape index (κ1) is 18.0. The van der Waals surface area contributed by atoms with Gasteiger partial charge in [0.05, 0.1) is 0 Å². The Labute approximate surface area is 150 Å². The fourth-order valence-corrected chi connectivity index (χ4v) is 2.83. The number of anilines is 2. The Morgan fingerprint density at radius 1 is 1.15 bits per heavy atom. The molecule has 0 saturated carbocycles. The van der Waals surface area contributed by atoms with Crippen molar-refractivity contribution in [2.24, 2.45) is 0 Å². The van der Waals surface area contributed by atoms with Gasteiger partial charge in [-0.3, -0.25) is 4.79 Å².